The van der Waals surface area contributed by atoms with Crippen LogP contribution in [0.15, 0.2) is 84.9 Å². The Morgan fingerprint density at radius 3 is 2.16 bits per heavy atom. The Morgan fingerprint density at radius 2 is 1.52 bits per heavy atom. The van der Waals surface area contributed by atoms with Gasteiger partial charge in [0.05, 0.1) is 17.1 Å². The Morgan fingerprint density at radius 1 is 0.935 bits per heavy atom. The summed E-state index contributed by atoms with van der Waals surface area (Å²) in [4.78, 5) is 17.9. The number of rotatable bonds is 5. The molecule has 0 fully saturated rings. The number of hydrogen-bond acceptors (Lipinski definition) is 3. The summed E-state index contributed by atoms with van der Waals surface area (Å²) in [5.41, 5.74) is 3.12. The molecule has 1 atom stereocenters. The number of amides is 1. The summed E-state index contributed by atoms with van der Waals surface area (Å²) in [5, 5.41) is 14.8. The molecule has 4 aromatic rings. The molecule has 3 aromatic carbocycles. The Balaban J connectivity index is 0.00000171. The average molecular weight is 423 g/mol. The van der Waals surface area contributed by atoms with Gasteiger partial charge in [-0.15, -0.1) is 0 Å². The summed E-state index contributed by atoms with van der Waals surface area (Å²) >= 11 is 0. The second-order valence-corrected chi connectivity index (χ2v) is 6.91. The molecule has 4 N–H and O–H groups in total. The normalized spacial score (nSPS) is 11.1. The van der Waals surface area contributed by atoms with Crippen LogP contribution in [-0.2, 0) is 0 Å². The minimum absolute atomic E-state index is 0. The van der Waals surface area contributed by atoms with Crippen molar-refractivity contribution in [1.82, 2.24) is 10.3 Å². The van der Waals surface area contributed by atoms with Crippen molar-refractivity contribution in [2.75, 3.05) is 0 Å². The first-order valence-electron chi connectivity index (χ1n) is 9.72. The zero-order valence-electron chi connectivity index (χ0n) is 17.7. The molecular weight excluding hydrogens is 399 g/mol. The third-order valence-corrected chi connectivity index (χ3v) is 5.06. The van der Waals surface area contributed by atoms with Gasteiger partial charge in [0.1, 0.15) is 5.69 Å². The van der Waals surface area contributed by atoms with E-state index in [-0.39, 0.29) is 58.3 Å². The van der Waals surface area contributed by atoms with Crippen molar-refractivity contribution in [1.29, 1.82) is 0 Å². The fourth-order valence-electron chi connectivity index (χ4n) is 3.57. The molecule has 0 aliphatic rings. The quantitative estimate of drug-likeness (QED) is 0.469. The standard InChI is InChI=1S/C25H22N2O2.Na.H2O/c1-2-20(17-11-5-3-6-12-17)27-25(29)22-19-15-9-10-16-21(19)26-23(24(22)28)18-13-7-4-8-14-18;;/h3-16,20,28H,2H2,1H3,(H,27,29);;1H2/t20-;;/m0../s1. The molecule has 1 radical (unpaired) electrons. The predicted molar refractivity (Wildman–Crippen MR) is 125 cm³/mol. The van der Waals surface area contributed by atoms with Crippen LogP contribution in [-0.4, -0.2) is 51.0 Å². The van der Waals surface area contributed by atoms with E-state index in [1.807, 2.05) is 91.9 Å². The molecular formula is C25H24N2NaO3. The number of aromatic nitrogens is 1. The van der Waals surface area contributed by atoms with Crippen LogP contribution in [0.2, 0.25) is 0 Å². The molecule has 0 saturated heterocycles. The van der Waals surface area contributed by atoms with E-state index in [1.165, 1.54) is 0 Å². The smallest absolute Gasteiger partial charge is 0.256 e. The molecule has 31 heavy (non-hydrogen) atoms. The van der Waals surface area contributed by atoms with Crippen LogP contribution in [0, 0.1) is 0 Å². The molecule has 0 aliphatic carbocycles. The number of aromatic hydroxyl groups is 1. The molecule has 153 valence electrons. The number of fused-ring (bicyclic) bond motifs is 1. The maximum atomic E-state index is 13.3. The van der Waals surface area contributed by atoms with Crippen LogP contribution in [0.1, 0.15) is 35.3 Å². The Kier molecular flexibility index (Phi) is 8.77. The monoisotopic (exact) mass is 423 g/mol. The third-order valence-electron chi connectivity index (χ3n) is 5.06. The van der Waals surface area contributed by atoms with Crippen molar-refractivity contribution in [3.8, 4) is 17.0 Å². The van der Waals surface area contributed by atoms with Gasteiger partial charge in [0.15, 0.2) is 5.75 Å². The van der Waals surface area contributed by atoms with Crippen LogP contribution in [0.25, 0.3) is 22.2 Å². The summed E-state index contributed by atoms with van der Waals surface area (Å²) in [6, 6.07) is 26.5. The van der Waals surface area contributed by atoms with Crippen molar-refractivity contribution in [2.24, 2.45) is 0 Å². The molecule has 1 aromatic heterocycles. The van der Waals surface area contributed by atoms with Crippen molar-refractivity contribution in [3.05, 3.63) is 96.1 Å². The van der Waals surface area contributed by atoms with Gasteiger partial charge < -0.3 is 15.9 Å². The first-order valence-corrected chi connectivity index (χ1v) is 9.72. The van der Waals surface area contributed by atoms with Gasteiger partial charge in [-0.3, -0.25) is 4.79 Å². The summed E-state index contributed by atoms with van der Waals surface area (Å²) in [5.74, 6) is -0.413. The SMILES string of the molecule is CC[C@H](NC(=O)c1c(O)c(-c2ccccc2)nc2ccccc12)c1ccccc1.O.[Na]. The van der Waals surface area contributed by atoms with Crippen LogP contribution in [0.5, 0.6) is 5.75 Å². The summed E-state index contributed by atoms with van der Waals surface area (Å²) < 4.78 is 0. The maximum absolute atomic E-state index is 13.3. The van der Waals surface area contributed by atoms with Gasteiger partial charge in [-0.25, -0.2) is 4.98 Å². The molecule has 1 amide bonds. The Labute approximate surface area is 203 Å². The van der Waals surface area contributed by atoms with Gasteiger partial charge in [-0.2, -0.15) is 0 Å². The van der Waals surface area contributed by atoms with E-state index in [1.54, 1.807) is 0 Å². The van der Waals surface area contributed by atoms with Gasteiger partial charge in [0.25, 0.3) is 5.91 Å². The summed E-state index contributed by atoms with van der Waals surface area (Å²) in [7, 11) is 0. The molecule has 4 rings (SSSR count). The van der Waals surface area contributed by atoms with Crippen molar-refractivity contribution in [3.63, 3.8) is 0 Å². The van der Waals surface area contributed by atoms with Crippen LogP contribution >= 0.6 is 0 Å². The zero-order valence-corrected chi connectivity index (χ0v) is 19.7. The second-order valence-electron chi connectivity index (χ2n) is 6.91. The van der Waals surface area contributed by atoms with Gasteiger partial charge in [-0.05, 0) is 18.1 Å². The number of carbonyl (C=O) groups excluding carboxylic acids is 1. The van der Waals surface area contributed by atoms with E-state index < -0.39 is 0 Å². The summed E-state index contributed by atoms with van der Waals surface area (Å²) in [6.45, 7) is 2.03. The molecule has 0 aliphatic heterocycles. The van der Waals surface area contributed by atoms with Gasteiger partial charge in [0.2, 0.25) is 0 Å². The number of nitrogens with zero attached hydrogens (tertiary/aromatic N) is 1. The molecule has 5 nitrogen and oxygen atoms in total. The zero-order chi connectivity index (χ0) is 20.2. The Bertz CT molecular complexity index is 1150. The van der Waals surface area contributed by atoms with Crippen molar-refractivity contribution < 1.29 is 15.4 Å². The van der Waals surface area contributed by atoms with E-state index in [0.717, 1.165) is 17.5 Å². The van der Waals surface area contributed by atoms with E-state index >= 15 is 0 Å². The van der Waals surface area contributed by atoms with E-state index in [0.29, 0.717) is 16.6 Å². The molecule has 0 bridgehead atoms. The third kappa shape index (κ3) is 5.14. The van der Waals surface area contributed by atoms with Gasteiger partial charge in [0, 0.05) is 40.5 Å². The number of pyridine rings is 1. The van der Waals surface area contributed by atoms with Crippen LogP contribution in [0.3, 0.4) is 0 Å². The minimum Gasteiger partial charge on any atom is -0.505 e. The van der Waals surface area contributed by atoms with Gasteiger partial charge in [-0.1, -0.05) is 85.8 Å². The van der Waals surface area contributed by atoms with Crippen LogP contribution < -0.4 is 5.32 Å². The number of benzene rings is 3. The van der Waals surface area contributed by atoms with Crippen LogP contribution in [0.4, 0.5) is 0 Å². The largest absolute Gasteiger partial charge is 0.505 e. The van der Waals surface area contributed by atoms with E-state index in [4.69, 9.17) is 0 Å². The van der Waals surface area contributed by atoms with Crippen molar-refractivity contribution >= 4 is 46.4 Å². The average Bonchev–Trinajstić information content (AvgIpc) is 2.78. The molecule has 0 spiro atoms. The fourth-order valence-corrected chi connectivity index (χ4v) is 3.57. The Hall–Kier alpha value is -2.70. The number of para-hydroxylation sites is 1. The summed E-state index contributed by atoms with van der Waals surface area (Å²) in [6.07, 6.45) is 0.741. The second kappa shape index (κ2) is 11.1. The van der Waals surface area contributed by atoms with E-state index in [9.17, 15) is 9.90 Å². The molecule has 0 saturated carbocycles. The number of carbonyl (C=O) groups is 1. The first-order chi connectivity index (χ1) is 14.2. The number of nitrogens with one attached hydrogen (secondary N) is 1. The maximum Gasteiger partial charge on any atom is 0.256 e. The molecule has 1 heterocycles. The number of hydrogen-bond donors (Lipinski definition) is 2. The van der Waals surface area contributed by atoms with Gasteiger partial charge >= 0.3 is 0 Å². The fraction of sp³-hybridized carbons (Fsp3) is 0.120. The molecule has 6 heteroatoms. The minimum atomic E-state index is -0.311. The topological polar surface area (TPSA) is 93.7 Å². The van der Waals surface area contributed by atoms with E-state index in [2.05, 4.69) is 10.3 Å². The first kappa shape index (κ1) is 24.6. The molecule has 0 unspecified atom stereocenters. The van der Waals surface area contributed by atoms with Crippen molar-refractivity contribution in [2.45, 2.75) is 19.4 Å². The predicted octanol–water partition coefficient (Wildman–Crippen LogP) is 4.28.